The number of fused-ring (bicyclic) bond motifs is 1. The number of hydrogen-bond donors (Lipinski definition) is 1. The number of amides is 1. The van der Waals surface area contributed by atoms with Crippen LogP contribution >= 0.6 is 0 Å². The predicted octanol–water partition coefficient (Wildman–Crippen LogP) is 2.08. The summed E-state index contributed by atoms with van der Waals surface area (Å²) in [6.07, 6.45) is 0.431. The van der Waals surface area contributed by atoms with Crippen LogP contribution in [0.5, 0.6) is 0 Å². The highest BCUT2D eigenvalue weighted by molar-refractivity contribution is 6.07. The molecule has 1 aromatic carbocycles. The van der Waals surface area contributed by atoms with Gasteiger partial charge in [0.1, 0.15) is 0 Å². The Morgan fingerprint density at radius 3 is 2.53 bits per heavy atom. The van der Waals surface area contributed by atoms with E-state index in [-0.39, 0.29) is 5.91 Å². The summed E-state index contributed by atoms with van der Waals surface area (Å²) in [5.41, 5.74) is 0.477. The lowest BCUT2D eigenvalue weighted by Crippen LogP contribution is -2.41. The van der Waals surface area contributed by atoms with Gasteiger partial charge in [0.05, 0.1) is 11.0 Å². The molecule has 1 heterocycles. The summed E-state index contributed by atoms with van der Waals surface area (Å²) in [7, 11) is 1.79. The minimum Gasteiger partial charge on any atom is -0.390 e. The first-order valence-corrected chi connectivity index (χ1v) is 5.86. The van der Waals surface area contributed by atoms with Crippen molar-refractivity contribution < 1.29 is 9.90 Å². The molecule has 1 aliphatic heterocycles. The fourth-order valence-corrected chi connectivity index (χ4v) is 2.86. The maximum absolute atomic E-state index is 12.4. The zero-order valence-corrected chi connectivity index (χ0v) is 10.8. The van der Waals surface area contributed by atoms with Crippen LogP contribution in [0.25, 0.3) is 0 Å². The van der Waals surface area contributed by atoms with E-state index < -0.39 is 11.0 Å². The number of carbonyl (C=O) groups excluding carboxylic acids is 1. The second-order valence-corrected chi connectivity index (χ2v) is 5.70. The van der Waals surface area contributed by atoms with Crippen molar-refractivity contribution in [3.05, 3.63) is 29.8 Å². The van der Waals surface area contributed by atoms with Gasteiger partial charge >= 0.3 is 0 Å². The first-order valence-electron chi connectivity index (χ1n) is 5.86. The third kappa shape index (κ3) is 1.84. The van der Waals surface area contributed by atoms with E-state index in [0.29, 0.717) is 6.42 Å². The fraction of sp³-hybridized carbons (Fsp3) is 0.500. The number of likely N-dealkylation sites (N-methyl/N-ethyl adjacent to an activating group) is 1. The molecule has 0 radical (unpaired) electrons. The van der Waals surface area contributed by atoms with Crippen LogP contribution in [-0.2, 0) is 10.2 Å². The molecule has 17 heavy (non-hydrogen) atoms. The zero-order chi connectivity index (χ0) is 12.8. The molecule has 0 fully saturated rings. The molecule has 3 nitrogen and oxygen atoms in total. The first-order chi connectivity index (χ1) is 7.76. The number of aliphatic hydroxyl groups is 1. The van der Waals surface area contributed by atoms with Crippen molar-refractivity contribution in [3.8, 4) is 0 Å². The number of nitrogens with zero attached hydrogens (tertiary/aromatic N) is 1. The molecule has 0 saturated carbocycles. The summed E-state index contributed by atoms with van der Waals surface area (Å²) in [6, 6.07) is 7.79. The van der Waals surface area contributed by atoms with Crippen molar-refractivity contribution in [1.29, 1.82) is 0 Å². The second-order valence-electron chi connectivity index (χ2n) is 5.70. The molecule has 0 spiro atoms. The molecule has 1 aliphatic rings. The third-order valence-corrected chi connectivity index (χ3v) is 3.42. The SMILES string of the molecule is CN1C(=O)[C@@](C)(CC(C)(C)O)c2ccccc21. The minimum atomic E-state index is -0.858. The fourth-order valence-electron chi connectivity index (χ4n) is 2.86. The quantitative estimate of drug-likeness (QED) is 0.849. The zero-order valence-electron chi connectivity index (χ0n) is 10.8. The molecule has 0 aromatic heterocycles. The van der Waals surface area contributed by atoms with Crippen molar-refractivity contribution in [3.63, 3.8) is 0 Å². The molecule has 92 valence electrons. The van der Waals surface area contributed by atoms with E-state index in [1.54, 1.807) is 25.8 Å². The van der Waals surface area contributed by atoms with Gasteiger partial charge in [-0.3, -0.25) is 4.79 Å². The summed E-state index contributed by atoms with van der Waals surface area (Å²) in [5.74, 6) is 0.0563. The summed E-state index contributed by atoms with van der Waals surface area (Å²) in [4.78, 5) is 14.1. The minimum absolute atomic E-state index is 0.0563. The van der Waals surface area contributed by atoms with E-state index in [1.807, 2.05) is 31.2 Å². The van der Waals surface area contributed by atoms with Crippen LogP contribution in [-0.4, -0.2) is 23.7 Å². The average molecular weight is 233 g/mol. The maximum Gasteiger partial charge on any atom is 0.237 e. The molecule has 1 atom stereocenters. The first kappa shape index (κ1) is 12.1. The Morgan fingerprint density at radius 1 is 1.35 bits per heavy atom. The van der Waals surface area contributed by atoms with Crippen LogP contribution in [0.2, 0.25) is 0 Å². The van der Waals surface area contributed by atoms with Crippen LogP contribution in [0.3, 0.4) is 0 Å². The van der Waals surface area contributed by atoms with E-state index in [2.05, 4.69) is 0 Å². The number of benzene rings is 1. The number of rotatable bonds is 2. The molecule has 0 saturated heterocycles. The summed E-state index contributed by atoms with van der Waals surface area (Å²) < 4.78 is 0. The second kappa shape index (κ2) is 3.57. The Balaban J connectivity index is 2.52. The van der Waals surface area contributed by atoms with Crippen molar-refractivity contribution in [2.75, 3.05) is 11.9 Å². The molecular formula is C14H19NO2. The van der Waals surface area contributed by atoms with E-state index in [0.717, 1.165) is 11.3 Å². The predicted molar refractivity (Wildman–Crippen MR) is 68.1 cm³/mol. The smallest absolute Gasteiger partial charge is 0.237 e. The van der Waals surface area contributed by atoms with Crippen molar-refractivity contribution in [1.82, 2.24) is 0 Å². The average Bonchev–Trinajstić information content (AvgIpc) is 2.40. The number of carbonyl (C=O) groups is 1. The molecule has 1 aromatic rings. The van der Waals surface area contributed by atoms with Crippen molar-refractivity contribution >= 4 is 11.6 Å². The normalized spacial score (nSPS) is 24.1. The van der Waals surface area contributed by atoms with Crippen LogP contribution in [0.4, 0.5) is 5.69 Å². The highest BCUT2D eigenvalue weighted by atomic mass is 16.3. The van der Waals surface area contributed by atoms with Crippen LogP contribution < -0.4 is 4.90 Å². The van der Waals surface area contributed by atoms with Gasteiger partial charge in [0.15, 0.2) is 0 Å². The third-order valence-electron chi connectivity index (χ3n) is 3.42. The molecule has 0 bridgehead atoms. The number of para-hydroxylation sites is 1. The van der Waals surface area contributed by atoms with E-state index >= 15 is 0 Å². The standard InChI is InChI=1S/C14H19NO2/c1-13(2,17)9-14(3)10-7-5-6-8-11(10)15(4)12(14)16/h5-8,17H,9H2,1-4H3/t14-/m0/s1. The number of hydrogen-bond acceptors (Lipinski definition) is 2. The molecule has 0 unspecified atom stereocenters. The van der Waals surface area contributed by atoms with Gasteiger partial charge in [-0.15, -0.1) is 0 Å². The topological polar surface area (TPSA) is 40.5 Å². The van der Waals surface area contributed by atoms with Gasteiger partial charge in [-0.1, -0.05) is 18.2 Å². The van der Waals surface area contributed by atoms with Gasteiger partial charge in [-0.05, 0) is 38.8 Å². The molecule has 0 aliphatic carbocycles. The van der Waals surface area contributed by atoms with Crippen molar-refractivity contribution in [2.24, 2.45) is 0 Å². The Labute approximate surface area is 102 Å². The van der Waals surface area contributed by atoms with Crippen LogP contribution in [0.1, 0.15) is 32.8 Å². The van der Waals surface area contributed by atoms with Crippen molar-refractivity contribution in [2.45, 2.75) is 38.2 Å². The maximum atomic E-state index is 12.4. The van der Waals surface area contributed by atoms with Gasteiger partial charge < -0.3 is 10.0 Å². The summed E-state index contributed by atoms with van der Waals surface area (Å²) in [6.45, 7) is 5.40. The highest BCUT2D eigenvalue weighted by Gasteiger charge is 2.48. The van der Waals surface area contributed by atoms with E-state index in [9.17, 15) is 9.90 Å². The largest absolute Gasteiger partial charge is 0.390 e. The summed E-state index contributed by atoms with van der Waals surface area (Å²) >= 11 is 0. The van der Waals surface area contributed by atoms with E-state index in [1.165, 1.54) is 0 Å². The Kier molecular flexibility index (Phi) is 2.54. The highest BCUT2D eigenvalue weighted by Crippen LogP contribution is 2.44. The Bertz CT molecular complexity index is 462. The van der Waals surface area contributed by atoms with Crippen LogP contribution in [0, 0.1) is 0 Å². The molecule has 3 heteroatoms. The molecule has 1 amide bonds. The van der Waals surface area contributed by atoms with Gasteiger partial charge in [-0.2, -0.15) is 0 Å². The lowest BCUT2D eigenvalue weighted by Gasteiger charge is -2.30. The lowest BCUT2D eigenvalue weighted by molar-refractivity contribution is -0.124. The van der Waals surface area contributed by atoms with Gasteiger partial charge in [0, 0.05) is 12.7 Å². The molecular weight excluding hydrogens is 214 g/mol. The van der Waals surface area contributed by atoms with Crippen LogP contribution in [0.15, 0.2) is 24.3 Å². The van der Waals surface area contributed by atoms with Gasteiger partial charge in [-0.25, -0.2) is 0 Å². The monoisotopic (exact) mass is 233 g/mol. The van der Waals surface area contributed by atoms with E-state index in [4.69, 9.17) is 0 Å². The Morgan fingerprint density at radius 2 is 1.94 bits per heavy atom. The summed E-state index contributed by atoms with van der Waals surface area (Å²) in [5, 5.41) is 10.0. The molecule has 2 rings (SSSR count). The molecule has 1 N–H and O–H groups in total. The lowest BCUT2D eigenvalue weighted by atomic mass is 9.75. The Hall–Kier alpha value is -1.35. The van der Waals surface area contributed by atoms with Gasteiger partial charge in [0.2, 0.25) is 5.91 Å². The van der Waals surface area contributed by atoms with Gasteiger partial charge in [0.25, 0.3) is 0 Å². The number of anilines is 1.